The van der Waals surface area contributed by atoms with Crippen LogP contribution in [-0.2, 0) is 9.53 Å². The fraction of sp³-hybridized carbons (Fsp3) is 0.533. The van der Waals surface area contributed by atoms with E-state index in [2.05, 4.69) is 5.32 Å². The zero-order valence-corrected chi connectivity index (χ0v) is 12.2. The molecule has 0 heterocycles. The lowest BCUT2D eigenvalue weighted by Gasteiger charge is -2.16. The molecular formula is C15H22FNO3. The average Bonchev–Trinajstić information content (AvgIpc) is 2.45. The van der Waals surface area contributed by atoms with E-state index in [0.717, 1.165) is 13.0 Å². The topological polar surface area (TPSA) is 47.6 Å². The summed E-state index contributed by atoms with van der Waals surface area (Å²) in [6.07, 6.45) is 1.40. The highest BCUT2D eigenvalue weighted by atomic mass is 19.1. The third kappa shape index (κ3) is 5.17. The summed E-state index contributed by atoms with van der Waals surface area (Å²) >= 11 is 0. The Morgan fingerprint density at radius 1 is 1.45 bits per heavy atom. The number of methoxy groups -OCH3 is 1. The number of rotatable bonds is 8. The number of aryl methyl sites for hydroxylation is 1. The molecule has 1 rings (SSSR count). The highest BCUT2D eigenvalue weighted by Crippen LogP contribution is 2.16. The summed E-state index contributed by atoms with van der Waals surface area (Å²) in [6.45, 7) is 4.77. The molecule has 1 aromatic carbocycles. The van der Waals surface area contributed by atoms with E-state index < -0.39 is 6.04 Å². The van der Waals surface area contributed by atoms with Crippen molar-refractivity contribution in [1.29, 1.82) is 0 Å². The van der Waals surface area contributed by atoms with Crippen LogP contribution in [0.15, 0.2) is 18.2 Å². The van der Waals surface area contributed by atoms with Crippen LogP contribution in [0, 0.1) is 12.7 Å². The molecule has 0 saturated carbocycles. The van der Waals surface area contributed by atoms with Gasteiger partial charge in [0.15, 0.2) is 0 Å². The van der Waals surface area contributed by atoms with Gasteiger partial charge in [0.1, 0.15) is 17.6 Å². The van der Waals surface area contributed by atoms with Crippen LogP contribution in [-0.4, -0.2) is 32.3 Å². The molecule has 1 N–H and O–H groups in total. The van der Waals surface area contributed by atoms with Gasteiger partial charge < -0.3 is 14.8 Å². The van der Waals surface area contributed by atoms with Crippen molar-refractivity contribution in [3.63, 3.8) is 0 Å². The molecule has 0 saturated heterocycles. The van der Waals surface area contributed by atoms with E-state index in [1.165, 1.54) is 13.2 Å². The number of benzene rings is 1. The summed E-state index contributed by atoms with van der Waals surface area (Å²) in [6, 6.07) is 4.33. The lowest BCUT2D eigenvalue weighted by Crippen LogP contribution is -2.39. The largest absolute Gasteiger partial charge is 0.493 e. The Labute approximate surface area is 119 Å². The number of ether oxygens (including phenoxy) is 2. The van der Waals surface area contributed by atoms with Crippen LogP contribution in [0.1, 0.15) is 25.3 Å². The maximum atomic E-state index is 13.3. The molecular weight excluding hydrogens is 261 g/mol. The van der Waals surface area contributed by atoms with Gasteiger partial charge in [-0.1, -0.05) is 13.0 Å². The Hall–Kier alpha value is -1.62. The zero-order chi connectivity index (χ0) is 15.0. The van der Waals surface area contributed by atoms with E-state index in [1.54, 1.807) is 19.1 Å². The lowest BCUT2D eigenvalue weighted by atomic mass is 10.2. The third-order valence-corrected chi connectivity index (χ3v) is 2.94. The van der Waals surface area contributed by atoms with Crippen molar-refractivity contribution in [2.45, 2.75) is 32.7 Å². The highest BCUT2D eigenvalue weighted by Gasteiger charge is 2.17. The monoisotopic (exact) mass is 283 g/mol. The Bertz CT molecular complexity index is 437. The molecule has 5 heteroatoms. The molecule has 1 atom stereocenters. The van der Waals surface area contributed by atoms with Crippen LogP contribution < -0.4 is 10.1 Å². The van der Waals surface area contributed by atoms with Gasteiger partial charge in [-0.25, -0.2) is 4.39 Å². The first-order chi connectivity index (χ1) is 9.58. The number of nitrogens with one attached hydrogen (secondary N) is 1. The van der Waals surface area contributed by atoms with Gasteiger partial charge >= 0.3 is 5.97 Å². The first-order valence-electron chi connectivity index (χ1n) is 6.78. The van der Waals surface area contributed by atoms with E-state index in [0.29, 0.717) is 24.3 Å². The van der Waals surface area contributed by atoms with Crippen LogP contribution in [0.4, 0.5) is 4.39 Å². The Balaban J connectivity index is 2.46. The molecule has 0 aromatic heterocycles. The first-order valence-corrected chi connectivity index (χ1v) is 6.78. The molecule has 112 valence electrons. The van der Waals surface area contributed by atoms with Crippen LogP contribution in [0.2, 0.25) is 0 Å². The number of hydrogen-bond acceptors (Lipinski definition) is 4. The lowest BCUT2D eigenvalue weighted by molar-refractivity contribution is -0.143. The van der Waals surface area contributed by atoms with Gasteiger partial charge in [0.05, 0.1) is 13.7 Å². The molecule has 4 nitrogen and oxygen atoms in total. The minimum absolute atomic E-state index is 0.295. The number of esters is 1. The zero-order valence-electron chi connectivity index (χ0n) is 12.2. The van der Waals surface area contributed by atoms with Gasteiger partial charge in [-0.2, -0.15) is 0 Å². The highest BCUT2D eigenvalue weighted by molar-refractivity contribution is 5.75. The van der Waals surface area contributed by atoms with Crippen molar-refractivity contribution in [3.05, 3.63) is 29.6 Å². The van der Waals surface area contributed by atoms with Gasteiger partial charge in [-0.05, 0) is 31.5 Å². The molecule has 0 amide bonds. The molecule has 0 bridgehead atoms. The number of hydrogen-bond donors (Lipinski definition) is 1. The standard InChI is InChI=1S/C15H22FNO3/c1-4-8-17-14(15(18)19-3)7-9-20-12-6-5-11(2)13(16)10-12/h5-6,10,14,17H,4,7-9H2,1-3H3. The molecule has 0 aliphatic heterocycles. The second-order valence-corrected chi connectivity index (χ2v) is 4.58. The summed E-state index contributed by atoms with van der Waals surface area (Å²) in [5, 5.41) is 3.10. The fourth-order valence-electron chi connectivity index (χ4n) is 1.72. The smallest absolute Gasteiger partial charge is 0.322 e. The van der Waals surface area contributed by atoms with Crippen molar-refractivity contribution in [2.75, 3.05) is 20.3 Å². The minimum Gasteiger partial charge on any atom is -0.493 e. The van der Waals surface area contributed by atoms with Gasteiger partial charge in [0, 0.05) is 12.5 Å². The maximum Gasteiger partial charge on any atom is 0.322 e. The summed E-state index contributed by atoms with van der Waals surface area (Å²) in [5.74, 6) is -0.138. The van der Waals surface area contributed by atoms with Gasteiger partial charge in [-0.3, -0.25) is 4.79 Å². The van der Waals surface area contributed by atoms with E-state index in [4.69, 9.17) is 9.47 Å². The second-order valence-electron chi connectivity index (χ2n) is 4.58. The molecule has 0 spiro atoms. The molecule has 0 radical (unpaired) electrons. The van der Waals surface area contributed by atoms with Crippen LogP contribution in [0.3, 0.4) is 0 Å². The van der Waals surface area contributed by atoms with Crippen LogP contribution in [0.5, 0.6) is 5.75 Å². The minimum atomic E-state index is -0.393. The molecule has 1 aromatic rings. The van der Waals surface area contributed by atoms with Crippen molar-refractivity contribution >= 4 is 5.97 Å². The van der Waals surface area contributed by atoms with Crippen molar-refractivity contribution in [3.8, 4) is 5.75 Å². The predicted molar refractivity (Wildman–Crippen MR) is 75.3 cm³/mol. The number of carbonyl (C=O) groups excluding carboxylic acids is 1. The fourth-order valence-corrected chi connectivity index (χ4v) is 1.72. The maximum absolute atomic E-state index is 13.3. The second kappa shape index (κ2) is 8.53. The van der Waals surface area contributed by atoms with Crippen molar-refractivity contribution < 1.29 is 18.7 Å². The van der Waals surface area contributed by atoms with Gasteiger partial charge in [-0.15, -0.1) is 0 Å². The Kier molecular flexibility index (Phi) is 7.01. The van der Waals surface area contributed by atoms with E-state index in [-0.39, 0.29) is 11.8 Å². The van der Waals surface area contributed by atoms with Crippen LogP contribution >= 0.6 is 0 Å². The molecule has 0 aliphatic carbocycles. The quantitative estimate of drug-likeness (QED) is 0.744. The van der Waals surface area contributed by atoms with E-state index in [9.17, 15) is 9.18 Å². The molecule has 0 aliphatic rings. The summed E-state index contributed by atoms with van der Waals surface area (Å²) in [4.78, 5) is 11.6. The van der Waals surface area contributed by atoms with Gasteiger partial charge in [0.2, 0.25) is 0 Å². The van der Waals surface area contributed by atoms with E-state index in [1.807, 2.05) is 6.92 Å². The third-order valence-electron chi connectivity index (χ3n) is 2.94. The van der Waals surface area contributed by atoms with Gasteiger partial charge in [0.25, 0.3) is 0 Å². The Morgan fingerprint density at radius 2 is 2.20 bits per heavy atom. The molecule has 0 fully saturated rings. The summed E-state index contributed by atoms with van der Waals surface area (Å²) in [5.41, 5.74) is 0.578. The average molecular weight is 283 g/mol. The van der Waals surface area contributed by atoms with Crippen LogP contribution in [0.25, 0.3) is 0 Å². The number of halogens is 1. The van der Waals surface area contributed by atoms with Crippen molar-refractivity contribution in [2.24, 2.45) is 0 Å². The number of carbonyl (C=O) groups is 1. The molecule has 20 heavy (non-hydrogen) atoms. The first kappa shape index (κ1) is 16.4. The molecule has 1 unspecified atom stereocenters. The SMILES string of the molecule is CCCNC(CCOc1ccc(C)c(F)c1)C(=O)OC. The van der Waals surface area contributed by atoms with Crippen molar-refractivity contribution in [1.82, 2.24) is 5.32 Å². The Morgan fingerprint density at radius 3 is 2.80 bits per heavy atom. The summed E-state index contributed by atoms with van der Waals surface area (Å²) in [7, 11) is 1.36. The van der Waals surface area contributed by atoms with E-state index >= 15 is 0 Å². The predicted octanol–water partition coefficient (Wildman–Crippen LogP) is 2.44. The normalized spacial score (nSPS) is 12.0. The summed E-state index contributed by atoms with van der Waals surface area (Å²) < 4.78 is 23.5.